The van der Waals surface area contributed by atoms with Gasteiger partial charge >= 0.3 is 0 Å². The number of hydrogen-bond donors (Lipinski definition) is 1. The van der Waals surface area contributed by atoms with Crippen LogP contribution in [0, 0.1) is 11.3 Å². The highest BCUT2D eigenvalue weighted by Gasteiger charge is 2.14. The predicted octanol–water partition coefficient (Wildman–Crippen LogP) is 3.55. The fourth-order valence-corrected chi connectivity index (χ4v) is 2.77. The molecule has 0 unspecified atom stereocenters. The van der Waals surface area contributed by atoms with Gasteiger partial charge in [-0.3, -0.25) is 0 Å². The number of nitrogens with zero attached hydrogens (tertiary/aromatic N) is 10. The van der Waals surface area contributed by atoms with Crippen LogP contribution >= 0.6 is 0 Å². The summed E-state index contributed by atoms with van der Waals surface area (Å²) in [6.45, 7) is 0. The van der Waals surface area contributed by atoms with Crippen LogP contribution in [0.5, 0.6) is 0 Å². The van der Waals surface area contributed by atoms with Crippen molar-refractivity contribution in [3.63, 3.8) is 0 Å². The molecule has 0 saturated carbocycles. The Kier molecular flexibility index (Phi) is 5.53. The van der Waals surface area contributed by atoms with E-state index in [1.165, 1.54) is 10.9 Å². The van der Waals surface area contributed by atoms with E-state index in [0.29, 0.717) is 17.6 Å². The van der Waals surface area contributed by atoms with Crippen molar-refractivity contribution in [3.05, 3.63) is 66.9 Å². The van der Waals surface area contributed by atoms with Gasteiger partial charge in [0.15, 0.2) is 5.82 Å². The Morgan fingerprint density at radius 3 is 2.42 bits per heavy atom. The first-order valence-corrected chi connectivity index (χ1v) is 9.21. The summed E-state index contributed by atoms with van der Waals surface area (Å²) in [5, 5.41) is 25.3. The maximum atomic E-state index is 9.41. The van der Waals surface area contributed by atoms with Crippen molar-refractivity contribution in [3.8, 4) is 12.0 Å². The van der Waals surface area contributed by atoms with E-state index < -0.39 is 0 Å². The van der Waals surface area contributed by atoms with Crippen molar-refractivity contribution in [2.45, 2.75) is 0 Å². The van der Waals surface area contributed by atoms with Crippen molar-refractivity contribution in [2.24, 2.45) is 10.2 Å². The van der Waals surface area contributed by atoms with Crippen LogP contribution in [0.1, 0.15) is 5.56 Å². The van der Waals surface area contributed by atoms with Gasteiger partial charge in [-0.2, -0.15) is 15.0 Å². The Hall–Kier alpha value is -4.72. The van der Waals surface area contributed by atoms with Crippen LogP contribution in [0.15, 0.2) is 71.5 Å². The zero-order chi connectivity index (χ0) is 21.6. The summed E-state index contributed by atoms with van der Waals surface area (Å²) in [4.78, 5) is 18.7. The molecule has 11 heteroatoms. The lowest BCUT2D eigenvalue weighted by molar-refractivity contribution is 0.803. The predicted molar refractivity (Wildman–Crippen MR) is 114 cm³/mol. The SMILES string of the molecule is CNc1cc(N(C)c2ncccn2)ccc1N=Nc1c(C#N)cnn1-c1ncccn1. The van der Waals surface area contributed by atoms with Gasteiger partial charge in [0.1, 0.15) is 17.3 Å². The lowest BCUT2D eigenvalue weighted by Gasteiger charge is -2.18. The third-order valence-electron chi connectivity index (χ3n) is 4.35. The molecular weight excluding hydrogens is 394 g/mol. The number of aromatic nitrogens is 6. The summed E-state index contributed by atoms with van der Waals surface area (Å²) in [5.74, 6) is 1.12. The van der Waals surface area contributed by atoms with E-state index in [4.69, 9.17) is 0 Å². The maximum absolute atomic E-state index is 9.41. The minimum atomic E-state index is 0.245. The fourth-order valence-electron chi connectivity index (χ4n) is 2.77. The summed E-state index contributed by atoms with van der Waals surface area (Å²) in [5.41, 5.74) is 2.46. The van der Waals surface area contributed by atoms with E-state index in [1.807, 2.05) is 30.1 Å². The van der Waals surface area contributed by atoms with Crippen LogP contribution in [0.3, 0.4) is 0 Å². The minimum absolute atomic E-state index is 0.245. The van der Waals surface area contributed by atoms with E-state index >= 15 is 0 Å². The average Bonchev–Trinajstić information content (AvgIpc) is 3.26. The number of rotatable bonds is 6. The molecule has 31 heavy (non-hydrogen) atoms. The summed E-state index contributed by atoms with van der Waals surface area (Å²) < 4.78 is 1.37. The number of benzene rings is 1. The molecule has 0 bridgehead atoms. The summed E-state index contributed by atoms with van der Waals surface area (Å²) in [6.07, 6.45) is 7.95. The van der Waals surface area contributed by atoms with Crippen LogP contribution in [0.25, 0.3) is 5.95 Å². The Labute approximate surface area is 177 Å². The van der Waals surface area contributed by atoms with Gasteiger partial charge in [0.2, 0.25) is 5.95 Å². The van der Waals surface area contributed by atoms with E-state index in [2.05, 4.69) is 46.6 Å². The fraction of sp³-hybridized carbons (Fsp3) is 0.100. The smallest absolute Gasteiger partial charge is 0.252 e. The monoisotopic (exact) mass is 411 g/mol. The molecule has 0 atom stereocenters. The quantitative estimate of drug-likeness (QED) is 0.476. The maximum Gasteiger partial charge on any atom is 0.252 e. The number of nitriles is 1. The first-order chi connectivity index (χ1) is 15.2. The molecular formula is C20H17N11. The zero-order valence-corrected chi connectivity index (χ0v) is 16.7. The summed E-state index contributed by atoms with van der Waals surface area (Å²) in [6, 6.07) is 11.1. The number of anilines is 3. The molecule has 0 radical (unpaired) electrons. The lowest BCUT2D eigenvalue weighted by atomic mass is 10.2. The molecule has 11 nitrogen and oxygen atoms in total. The second-order valence-electron chi connectivity index (χ2n) is 6.21. The Morgan fingerprint density at radius 1 is 1.03 bits per heavy atom. The average molecular weight is 411 g/mol. The zero-order valence-electron chi connectivity index (χ0n) is 16.7. The highest BCUT2D eigenvalue weighted by Crippen LogP contribution is 2.33. The largest absolute Gasteiger partial charge is 0.386 e. The molecule has 3 heterocycles. The van der Waals surface area contributed by atoms with Crippen LogP contribution in [0.4, 0.5) is 28.8 Å². The third-order valence-corrected chi connectivity index (χ3v) is 4.35. The van der Waals surface area contributed by atoms with Crippen LogP contribution < -0.4 is 10.2 Å². The van der Waals surface area contributed by atoms with Crippen molar-refractivity contribution in [1.29, 1.82) is 5.26 Å². The van der Waals surface area contributed by atoms with Crippen LogP contribution in [-0.2, 0) is 0 Å². The highest BCUT2D eigenvalue weighted by atomic mass is 15.4. The Balaban J connectivity index is 1.68. The minimum Gasteiger partial charge on any atom is -0.386 e. The standard InChI is InChI=1S/C20H17N11/c1-22-17-11-15(30(2)19-23-7-3-8-24-19)5-6-16(17)28-29-18-14(12-21)13-27-31(18)20-25-9-4-10-26-20/h3-11,13,22H,1-2H3. The second-order valence-corrected chi connectivity index (χ2v) is 6.21. The highest BCUT2D eigenvalue weighted by molar-refractivity contribution is 5.73. The lowest BCUT2D eigenvalue weighted by Crippen LogP contribution is -2.12. The van der Waals surface area contributed by atoms with Crippen LogP contribution in [0.2, 0.25) is 0 Å². The van der Waals surface area contributed by atoms with Gasteiger partial charge in [0, 0.05) is 44.6 Å². The molecule has 0 saturated heterocycles. The molecule has 0 spiro atoms. The normalized spacial score (nSPS) is 10.7. The number of nitrogens with one attached hydrogen (secondary N) is 1. The van der Waals surface area contributed by atoms with Gasteiger partial charge in [0.05, 0.1) is 11.9 Å². The van der Waals surface area contributed by atoms with Crippen LogP contribution in [-0.4, -0.2) is 43.8 Å². The van der Waals surface area contributed by atoms with Crippen molar-refractivity contribution in [2.75, 3.05) is 24.3 Å². The van der Waals surface area contributed by atoms with E-state index in [1.54, 1.807) is 44.0 Å². The molecule has 0 aliphatic rings. The molecule has 152 valence electrons. The first kappa shape index (κ1) is 19.6. The molecule has 1 aromatic carbocycles. The van der Waals surface area contributed by atoms with Gasteiger partial charge < -0.3 is 10.2 Å². The van der Waals surface area contributed by atoms with Gasteiger partial charge in [-0.15, -0.1) is 10.2 Å². The Morgan fingerprint density at radius 2 is 1.74 bits per heavy atom. The molecule has 1 N–H and O–H groups in total. The third kappa shape index (κ3) is 4.03. The molecule has 4 rings (SSSR count). The molecule has 0 fully saturated rings. The van der Waals surface area contributed by atoms with Gasteiger partial charge in [-0.1, -0.05) is 0 Å². The van der Waals surface area contributed by atoms with Crippen molar-refractivity contribution < 1.29 is 0 Å². The van der Waals surface area contributed by atoms with E-state index in [-0.39, 0.29) is 11.4 Å². The molecule has 0 amide bonds. The first-order valence-electron chi connectivity index (χ1n) is 9.21. The number of azo groups is 1. The van der Waals surface area contributed by atoms with E-state index in [0.717, 1.165) is 11.4 Å². The molecule has 0 aliphatic carbocycles. The van der Waals surface area contributed by atoms with Crippen molar-refractivity contribution >= 4 is 28.8 Å². The molecule has 0 aliphatic heterocycles. The van der Waals surface area contributed by atoms with Gasteiger partial charge in [-0.05, 0) is 30.3 Å². The van der Waals surface area contributed by atoms with Crippen molar-refractivity contribution in [1.82, 2.24) is 29.7 Å². The summed E-state index contributed by atoms with van der Waals surface area (Å²) in [7, 11) is 3.67. The van der Waals surface area contributed by atoms with Gasteiger partial charge in [0.25, 0.3) is 5.95 Å². The van der Waals surface area contributed by atoms with Gasteiger partial charge in [-0.25, -0.2) is 19.9 Å². The molecule has 3 aromatic heterocycles. The topological polar surface area (TPSA) is 133 Å². The number of hydrogen-bond acceptors (Lipinski definition) is 10. The van der Waals surface area contributed by atoms with E-state index in [9.17, 15) is 5.26 Å². The second kappa shape index (κ2) is 8.75. The molecule has 4 aromatic rings. The Bertz CT molecular complexity index is 1240. The summed E-state index contributed by atoms with van der Waals surface area (Å²) >= 11 is 0.